The molecule has 0 fully saturated rings. The second-order valence-corrected chi connectivity index (χ2v) is 9.68. The Morgan fingerprint density at radius 3 is 2.07 bits per heavy atom. The number of esters is 1. The maximum absolute atomic E-state index is 12.7. The Kier molecular flexibility index (Phi) is 13.0. The number of allylic oxidation sites excluding steroid dienone is 1. The highest BCUT2D eigenvalue weighted by molar-refractivity contribution is 6.07. The van der Waals surface area contributed by atoms with E-state index in [0.29, 0.717) is 17.9 Å². The minimum absolute atomic E-state index is 0.184. The lowest BCUT2D eigenvalue weighted by Crippen LogP contribution is -2.04. The summed E-state index contributed by atoms with van der Waals surface area (Å²) < 4.78 is 21.4. The number of rotatable bonds is 17. The summed E-state index contributed by atoms with van der Waals surface area (Å²) in [6.07, 6.45) is 12.8. The molecule has 0 spiro atoms. The Balaban J connectivity index is 1.51. The van der Waals surface area contributed by atoms with Crippen LogP contribution in [0.25, 0.3) is 12.2 Å². The van der Waals surface area contributed by atoms with E-state index in [1.165, 1.54) is 101 Å². The smallest absolute Gasteiger partial charge is 0.336 e. The molecule has 43 heavy (non-hydrogen) atoms. The highest BCUT2D eigenvalue weighted by atomic mass is 16.6. The molecule has 0 aromatic heterocycles. The fraction of sp³-hybridized carbons (Fsp3) is 0.294. The Bertz CT molecular complexity index is 1430. The van der Waals surface area contributed by atoms with Crippen LogP contribution >= 0.6 is 0 Å². The number of unbranched alkanes of at least 4 members (excludes halogenated alkanes) is 5. The zero-order chi connectivity index (χ0) is 31.0. The van der Waals surface area contributed by atoms with E-state index in [-0.39, 0.29) is 28.5 Å². The van der Waals surface area contributed by atoms with Crippen LogP contribution in [0, 0.1) is 10.1 Å². The van der Waals surface area contributed by atoms with Gasteiger partial charge in [0.25, 0.3) is 5.69 Å². The van der Waals surface area contributed by atoms with E-state index in [1.54, 1.807) is 6.08 Å². The topological polar surface area (TPSA) is 114 Å². The molecule has 0 bridgehead atoms. The molecule has 3 aromatic rings. The quantitative estimate of drug-likeness (QED) is 0.0298. The van der Waals surface area contributed by atoms with Gasteiger partial charge in [-0.2, -0.15) is 0 Å². The van der Waals surface area contributed by atoms with Crippen LogP contribution in [0.3, 0.4) is 0 Å². The number of hydrogen-bond acceptors (Lipinski definition) is 8. The second kappa shape index (κ2) is 17.1. The van der Waals surface area contributed by atoms with E-state index in [9.17, 15) is 19.7 Å². The molecule has 3 aromatic carbocycles. The van der Waals surface area contributed by atoms with Gasteiger partial charge in [0.1, 0.15) is 11.5 Å². The van der Waals surface area contributed by atoms with Gasteiger partial charge in [0.2, 0.25) is 0 Å². The third-order valence-electron chi connectivity index (χ3n) is 6.56. The number of benzene rings is 3. The first kappa shape index (κ1) is 32.6. The lowest BCUT2D eigenvalue weighted by molar-refractivity contribution is -0.385. The number of nitro benzene ring substituents is 1. The van der Waals surface area contributed by atoms with E-state index < -0.39 is 10.9 Å². The zero-order valence-electron chi connectivity index (χ0n) is 24.7. The van der Waals surface area contributed by atoms with Crippen LogP contribution in [-0.4, -0.2) is 37.5 Å². The number of carbonyl (C=O) groups is 2. The standard InChI is InChI=1S/C34H37NO8/c1-4-5-6-7-8-9-22-42-28-16-10-25(11-17-28)12-21-34(37)43-29-18-13-26(14-19-29)31(36)20-15-27-23-32(40-2)33(41-3)24-30(27)35(38)39/h10-21,23-24H,4-9,22H2,1-3H3/b20-15+,21-12+. The largest absolute Gasteiger partial charge is 0.494 e. The third-order valence-corrected chi connectivity index (χ3v) is 6.56. The normalized spacial score (nSPS) is 11.0. The van der Waals surface area contributed by atoms with E-state index in [0.717, 1.165) is 17.7 Å². The van der Waals surface area contributed by atoms with Gasteiger partial charge in [0, 0.05) is 11.6 Å². The second-order valence-electron chi connectivity index (χ2n) is 9.68. The summed E-state index contributed by atoms with van der Waals surface area (Å²) in [4.78, 5) is 35.9. The lowest BCUT2D eigenvalue weighted by atomic mass is 10.1. The average Bonchev–Trinajstić information content (AvgIpc) is 3.02. The van der Waals surface area contributed by atoms with Gasteiger partial charge in [-0.15, -0.1) is 0 Å². The number of nitrogens with zero attached hydrogens (tertiary/aromatic N) is 1. The predicted molar refractivity (Wildman–Crippen MR) is 166 cm³/mol. The molecule has 9 nitrogen and oxygen atoms in total. The van der Waals surface area contributed by atoms with Crippen LogP contribution in [0.5, 0.6) is 23.0 Å². The van der Waals surface area contributed by atoms with Crippen LogP contribution < -0.4 is 18.9 Å². The first-order valence-electron chi connectivity index (χ1n) is 14.2. The van der Waals surface area contributed by atoms with Crippen molar-refractivity contribution >= 4 is 29.6 Å². The molecule has 9 heteroatoms. The number of ether oxygens (including phenoxy) is 4. The van der Waals surface area contributed by atoms with E-state index in [4.69, 9.17) is 18.9 Å². The number of methoxy groups -OCH3 is 2. The summed E-state index contributed by atoms with van der Waals surface area (Å²) in [5.74, 6) is 0.609. The number of hydrogen-bond donors (Lipinski definition) is 0. The highest BCUT2D eigenvalue weighted by Crippen LogP contribution is 2.35. The maximum atomic E-state index is 12.7. The SMILES string of the molecule is CCCCCCCCOc1ccc(/C=C/C(=O)Oc2ccc(C(=O)/C=C/c3cc(OC)c(OC)cc3[N+](=O)[O-])cc2)cc1. The Hall–Kier alpha value is -4.92. The molecule has 226 valence electrons. The van der Waals surface area contributed by atoms with Crippen LogP contribution in [0.1, 0.15) is 66.9 Å². The van der Waals surface area contributed by atoms with Crippen molar-refractivity contribution in [3.05, 3.63) is 99.6 Å². The van der Waals surface area contributed by atoms with Crippen LogP contribution in [0.4, 0.5) is 5.69 Å². The van der Waals surface area contributed by atoms with Crippen molar-refractivity contribution in [1.82, 2.24) is 0 Å². The van der Waals surface area contributed by atoms with E-state index in [1.807, 2.05) is 24.3 Å². The van der Waals surface area contributed by atoms with E-state index >= 15 is 0 Å². The Morgan fingerprint density at radius 2 is 1.42 bits per heavy atom. The van der Waals surface area contributed by atoms with Gasteiger partial charge >= 0.3 is 5.97 Å². The molecule has 0 amide bonds. The van der Waals surface area contributed by atoms with Gasteiger partial charge in [-0.05, 0) is 72.7 Å². The average molecular weight is 588 g/mol. The summed E-state index contributed by atoms with van der Waals surface area (Å²) in [7, 11) is 2.79. The first-order valence-corrected chi connectivity index (χ1v) is 14.2. The van der Waals surface area contributed by atoms with Crippen molar-refractivity contribution < 1.29 is 33.5 Å². The van der Waals surface area contributed by atoms with Gasteiger partial charge in [0.15, 0.2) is 17.3 Å². The predicted octanol–water partition coefficient (Wildman–Crippen LogP) is 7.87. The van der Waals surface area contributed by atoms with E-state index in [2.05, 4.69) is 6.92 Å². The Morgan fingerprint density at radius 1 is 0.791 bits per heavy atom. The molecule has 0 saturated carbocycles. The summed E-state index contributed by atoms with van der Waals surface area (Å²) in [5, 5.41) is 11.5. The molecule has 3 rings (SSSR count). The molecular formula is C34H37NO8. The van der Waals surface area contributed by atoms with Gasteiger partial charge < -0.3 is 18.9 Å². The van der Waals surface area contributed by atoms with Gasteiger partial charge in [-0.1, -0.05) is 51.2 Å². The minimum Gasteiger partial charge on any atom is -0.494 e. The summed E-state index contributed by atoms with van der Waals surface area (Å²) in [6, 6.07) is 16.2. The van der Waals surface area contributed by atoms with Crippen molar-refractivity contribution in [2.45, 2.75) is 45.4 Å². The highest BCUT2D eigenvalue weighted by Gasteiger charge is 2.18. The molecular weight excluding hydrogens is 550 g/mol. The summed E-state index contributed by atoms with van der Waals surface area (Å²) >= 11 is 0. The summed E-state index contributed by atoms with van der Waals surface area (Å²) in [6.45, 7) is 2.90. The van der Waals surface area contributed by atoms with Crippen molar-refractivity contribution in [3.63, 3.8) is 0 Å². The Labute approximate surface area is 251 Å². The van der Waals surface area contributed by atoms with Gasteiger partial charge in [-0.25, -0.2) is 4.79 Å². The fourth-order valence-electron chi connectivity index (χ4n) is 4.19. The molecule has 0 aliphatic heterocycles. The number of carbonyl (C=O) groups excluding carboxylic acids is 2. The minimum atomic E-state index is -0.567. The molecule has 0 aliphatic rings. The third kappa shape index (κ3) is 10.5. The number of ketones is 1. The lowest BCUT2D eigenvalue weighted by Gasteiger charge is -2.08. The first-order chi connectivity index (χ1) is 20.8. The monoisotopic (exact) mass is 587 g/mol. The van der Waals surface area contributed by atoms with Crippen molar-refractivity contribution in [2.24, 2.45) is 0 Å². The fourth-order valence-corrected chi connectivity index (χ4v) is 4.19. The zero-order valence-corrected chi connectivity index (χ0v) is 24.7. The van der Waals surface area contributed by atoms with Gasteiger partial charge in [-0.3, -0.25) is 14.9 Å². The van der Waals surface area contributed by atoms with Crippen LogP contribution in [0.15, 0.2) is 72.8 Å². The van der Waals surface area contributed by atoms with Crippen LogP contribution in [-0.2, 0) is 4.79 Å². The summed E-state index contributed by atoms with van der Waals surface area (Å²) in [5.41, 5.74) is 1.09. The molecule has 0 aliphatic carbocycles. The van der Waals surface area contributed by atoms with Crippen molar-refractivity contribution in [3.8, 4) is 23.0 Å². The molecule has 0 atom stereocenters. The van der Waals surface area contributed by atoms with Crippen molar-refractivity contribution in [2.75, 3.05) is 20.8 Å². The molecule has 0 saturated heterocycles. The van der Waals surface area contributed by atoms with Gasteiger partial charge in [0.05, 0.1) is 37.4 Å². The van der Waals surface area contributed by atoms with Crippen molar-refractivity contribution in [1.29, 1.82) is 0 Å². The molecule has 0 radical (unpaired) electrons. The maximum Gasteiger partial charge on any atom is 0.336 e. The van der Waals surface area contributed by atoms with Crippen LogP contribution in [0.2, 0.25) is 0 Å². The molecule has 0 N–H and O–H groups in total. The molecule has 0 unspecified atom stereocenters. The number of nitro groups is 1. The molecule has 0 heterocycles.